The molecule has 4 rings (SSSR count). The van der Waals surface area contributed by atoms with Crippen LogP contribution in [0.25, 0.3) is 0 Å². The smallest absolute Gasteiger partial charge is 0.228 e. The van der Waals surface area contributed by atoms with Crippen molar-refractivity contribution in [3.8, 4) is 5.88 Å². The Labute approximate surface area is 137 Å². The largest absolute Gasteiger partial charge is 0.481 e. The summed E-state index contributed by atoms with van der Waals surface area (Å²) >= 11 is 0. The maximum absolute atomic E-state index is 5.86. The molecule has 0 aliphatic carbocycles. The molecule has 3 aliphatic rings. The minimum absolute atomic E-state index is 0.241. The zero-order valence-corrected chi connectivity index (χ0v) is 14.1. The van der Waals surface area contributed by atoms with Gasteiger partial charge < -0.3 is 19.3 Å². The summed E-state index contributed by atoms with van der Waals surface area (Å²) < 4.78 is 11.2. The SMILES string of the molecule is COc1cc(C)nc(N2CC3COCC3(CN3CCCC3)C2)n1. The number of aryl methyl sites for hydroxylation is 1. The molecule has 0 spiro atoms. The second-order valence-electron chi connectivity index (χ2n) is 7.29. The molecule has 0 radical (unpaired) electrons. The Morgan fingerprint density at radius 3 is 2.96 bits per heavy atom. The van der Waals surface area contributed by atoms with E-state index in [1.807, 2.05) is 13.0 Å². The highest BCUT2D eigenvalue weighted by atomic mass is 16.5. The lowest BCUT2D eigenvalue weighted by Gasteiger charge is -2.32. The average molecular weight is 318 g/mol. The van der Waals surface area contributed by atoms with Gasteiger partial charge in [-0.25, -0.2) is 4.98 Å². The van der Waals surface area contributed by atoms with Gasteiger partial charge in [0.25, 0.3) is 0 Å². The summed E-state index contributed by atoms with van der Waals surface area (Å²) in [5.41, 5.74) is 1.19. The maximum Gasteiger partial charge on any atom is 0.228 e. The molecule has 3 saturated heterocycles. The molecule has 3 aliphatic heterocycles. The molecule has 0 amide bonds. The number of aromatic nitrogens is 2. The summed E-state index contributed by atoms with van der Waals surface area (Å²) in [7, 11) is 1.66. The fourth-order valence-electron chi connectivity index (χ4n) is 4.36. The molecule has 0 saturated carbocycles. The number of fused-ring (bicyclic) bond motifs is 1. The van der Waals surface area contributed by atoms with Crippen LogP contribution in [0.15, 0.2) is 6.07 Å². The van der Waals surface area contributed by atoms with Crippen molar-refractivity contribution in [2.45, 2.75) is 19.8 Å². The van der Waals surface area contributed by atoms with E-state index in [4.69, 9.17) is 9.47 Å². The van der Waals surface area contributed by atoms with Crippen LogP contribution in [-0.4, -0.2) is 67.9 Å². The summed E-state index contributed by atoms with van der Waals surface area (Å²) in [5, 5.41) is 0. The molecular formula is C17H26N4O2. The van der Waals surface area contributed by atoms with Gasteiger partial charge >= 0.3 is 0 Å². The van der Waals surface area contributed by atoms with Gasteiger partial charge in [0.05, 0.1) is 20.3 Å². The van der Waals surface area contributed by atoms with Gasteiger partial charge in [0.1, 0.15) is 0 Å². The van der Waals surface area contributed by atoms with Crippen molar-refractivity contribution in [2.24, 2.45) is 11.3 Å². The normalized spacial score (nSPS) is 30.9. The summed E-state index contributed by atoms with van der Waals surface area (Å²) in [6.45, 7) is 9.33. The second-order valence-corrected chi connectivity index (χ2v) is 7.29. The van der Waals surface area contributed by atoms with Crippen LogP contribution >= 0.6 is 0 Å². The number of rotatable bonds is 4. The minimum Gasteiger partial charge on any atom is -0.481 e. The first-order valence-electron chi connectivity index (χ1n) is 8.63. The molecule has 0 bridgehead atoms. The molecular weight excluding hydrogens is 292 g/mol. The Kier molecular flexibility index (Phi) is 3.89. The highest BCUT2D eigenvalue weighted by Gasteiger charge is 2.52. The van der Waals surface area contributed by atoms with E-state index in [0.29, 0.717) is 11.8 Å². The van der Waals surface area contributed by atoms with E-state index in [1.165, 1.54) is 25.9 Å². The summed E-state index contributed by atoms with van der Waals surface area (Å²) in [5.74, 6) is 2.03. The highest BCUT2D eigenvalue weighted by Crippen LogP contribution is 2.43. The van der Waals surface area contributed by atoms with E-state index < -0.39 is 0 Å². The molecule has 126 valence electrons. The first-order valence-corrected chi connectivity index (χ1v) is 8.63. The lowest BCUT2D eigenvalue weighted by atomic mass is 9.80. The van der Waals surface area contributed by atoms with Crippen LogP contribution in [0.1, 0.15) is 18.5 Å². The van der Waals surface area contributed by atoms with Crippen LogP contribution in [0.5, 0.6) is 5.88 Å². The van der Waals surface area contributed by atoms with E-state index in [-0.39, 0.29) is 5.41 Å². The fraction of sp³-hybridized carbons (Fsp3) is 0.765. The zero-order valence-electron chi connectivity index (χ0n) is 14.1. The van der Waals surface area contributed by atoms with Gasteiger partial charge in [-0.15, -0.1) is 0 Å². The van der Waals surface area contributed by atoms with E-state index in [9.17, 15) is 0 Å². The van der Waals surface area contributed by atoms with E-state index >= 15 is 0 Å². The van der Waals surface area contributed by atoms with Crippen LogP contribution in [0, 0.1) is 18.3 Å². The van der Waals surface area contributed by atoms with Gasteiger partial charge in [-0.2, -0.15) is 4.98 Å². The standard InChI is InChI=1S/C17H26N4O2/c1-13-7-15(22-2)19-16(18-13)21-8-14-9-23-12-17(14,11-21)10-20-5-3-4-6-20/h7,14H,3-6,8-12H2,1-2H3. The molecule has 4 heterocycles. The van der Waals surface area contributed by atoms with Crippen molar-refractivity contribution in [3.05, 3.63) is 11.8 Å². The number of hydrogen-bond donors (Lipinski definition) is 0. The number of nitrogens with zero attached hydrogens (tertiary/aromatic N) is 4. The highest BCUT2D eigenvalue weighted by molar-refractivity contribution is 5.38. The van der Waals surface area contributed by atoms with Crippen molar-refractivity contribution < 1.29 is 9.47 Å². The lowest BCUT2D eigenvalue weighted by Crippen LogP contribution is -2.42. The Morgan fingerprint density at radius 2 is 2.17 bits per heavy atom. The second kappa shape index (κ2) is 5.91. The molecule has 1 aromatic heterocycles. The van der Waals surface area contributed by atoms with Crippen LogP contribution in [0.4, 0.5) is 5.95 Å². The van der Waals surface area contributed by atoms with Gasteiger partial charge in [0, 0.05) is 42.7 Å². The third-order valence-electron chi connectivity index (χ3n) is 5.57. The number of likely N-dealkylation sites (tertiary alicyclic amines) is 1. The summed E-state index contributed by atoms with van der Waals surface area (Å²) in [6.07, 6.45) is 2.67. The van der Waals surface area contributed by atoms with Crippen LogP contribution in [0.3, 0.4) is 0 Å². The van der Waals surface area contributed by atoms with Gasteiger partial charge in [0.2, 0.25) is 11.8 Å². The Morgan fingerprint density at radius 1 is 1.35 bits per heavy atom. The topological polar surface area (TPSA) is 50.7 Å². The molecule has 0 aromatic carbocycles. The summed E-state index contributed by atoms with van der Waals surface area (Å²) in [4.78, 5) is 14.1. The molecule has 2 atom stereocenters. The molecule has 0 N–H and O–H groups in total. The third kappa shape index (κ3) is 2.78. The zero-order chi connectivity index (χ0) is 15.9. The Bertz CT molecular complexity index is 576. The predicted octanol–water partition coefficient (Wildman–Crippen LogP) is 1.34. The molecule has 6 heteroatoms. The van der Waals surface area contributed by atoms with Crippen LogP contribution in [-0.2, 0) is 4.74 Å². The lowest BCUT2D eigenvalue weighted by molar-refractivity contribution is 0.126. The molecule has 3 fully saturated rings. The van der Waals surface area contributed by atoms with E-state index in [2.05, 4.69) is 19.8 Å². The Hall–Kier alpha value is -1.40. The quantitative estimate of drug-likeness (QED) is 0.835. The van der Waals surface area contributed by atoms with Gasteiger partial charge in [-0.05, 0) is 32.9 Å². The monoisotopic (exact) mass is 318 g/mol. The maximum atomic E-state index is 5.86. The average Bonchev–Trinajstić information content (AvgIpc) is 3.22. The first kappa shape index (κ1) is 15.1. The van der Waals surface area contributed by atoms with Crippen molar-refractivity contribution in [2.75, 3.05) is 57.9 Å². The van der Waals surface area contributed by atoms with Crippen LogP contribution < -0.4 is 9.64 Å². The fourth-order valence-corrected chi connectivity index (χ4v) is 4.36. The van der Waals surface area contributed by atoms with Crippen molar-refractivity contribution in [1.29, 1.82) is 0 Å². The summed E-state index contributed by atoms with van der Waals surface area (Å²) in [6, 6.07) is 1.88. The number of hydrogen-bond acceptors (Lipinski definition) is 6. The van der Waals surface area contributed by atoms with Crippen molar-refractivity contribution in [3.63, 3.8) is 0 Å². The van der Waals surface area contributed by atoms with Crippen molar-refractivity contribution >= 4 is 5.95 Å². The minimum atomic E-state index is 0.241. The third-order valence-corrected chi connectivity index (χ3v) is 5.57. The predicted molar refractivity (Wildman–Crippen MR) is 88.0 cm³/mol. The van der Waals surface area contributed by atoms with Gasteiger partial charge in [0.15, 0.2) is 0 Å². The molecule has 2 unspecified atom stereocenters. The number of anilines is 1. The molecule has 1 aromatic rings. The molecule has 6 nitrogen and oxygen atoms in total. The van der Waals surface area contributed by atoms with Crippen LogP contribution in [0.2, 0.25) is 0 Å². The van der Waals surface area contributed by atoms with E-state index in [1.54, 1.807) is 7.11 Å². The number of methoxy groups -OCH3 is 1. The first-order chi connectivity index (χ1) is 11.2. The van der Waals surface area contributed by atoms with Gasteiger partial charge in [-0.1, -0.05) is 0 Å². The van der Waals surface area contributed by atoms with Crippen molar-refractivity contribution in [1.82, 2.24) is 14.9 Å². The Balaban J connectivity index is 1.55. The molecule has 23 heavy (non-hydrogen) atoms. The number of ether oxygens (including phenoxy) is 2. The van der Waals surface area contributed by atoms with Gasteiger partial charge in [-0.3, -0.25) is 0 Å². The van der Waals surface area contributed by atoms with E-state index in [0.717, 1.165) is 44.5 Å².